The lowest BCUT2D eigenvalue weighted by molar-refractivity contribution is -0.117. The number of nitrogens with zero attached hydrogens (tertiary/aromatic N) is 3. The van der Waals surface area contributed by atoms with Crippen molar-refractivity contribution in [1.29, 1.82) is 0 Å². The van der Waals surface area contributed by atoms with Gasteiger partial charge in [-0.15, -0.1) is 0 Å². The van der Waals surface area contributed by atoms with Gasteiger partial charge < -0.3 is 15.1 Å². The van der Waals surface area contributed by atoms with E-state index in [0.29, 0.717) is 18.5 Å². The molecule has 4 rings (SSSR count). The summed E-state index contributed by atoms with van der Waals surface area (Å²) in [6.07, 6.45) is 2.38. The molecule has 5 heteroatoms. The molecule has 1 aliphatic carbocycles. The number of carbonyl (C=O) groups excluding carboxylic acids is 1. The largest absolute Gasteiger partial charge is 0.369 e. The van der Waals surface area contributed by atoms with E-state index < -0.39 is 0 Å². The Kier molecular flexibility index (Phi) is 7.48. The quantitative estimate of drug-likeness (QED) is 0.628. The van der Waals surface area contributed by atoms with Gasteiger partial charge in [-0.3, -0.25) is 9.69 Å². The zero-order chi connectivity index (χ0) is 22.5. The van der Waals surface area contributed by atoms with E-state index in [1.165, 1.54) is 29.7 Å². The molecule has 0 radical (unpaired) electrons. The summed E-state index contributed by atoms with van der Waals surface area (Å²) in [5.74, 6) is 0.613. The maximum absolute atomic E-state index is 12.8. The van der Waals surface area contributed by atoms with Crippen LogP contribution in [-0.4, -0.2) is 61.0 Å². The van der Waals surface area contributed by atoms with Gasteiger partial charge in [0.1, 0.15) is 0 Å². The van der Waals surface area contributed by atoms with Gasteiger partial charge >= 0.3 is 0 Å². The average molecular weight is 435 g/mol. The second-order valence-electron chi connectivity index (χ2n) is 9.55. The number of rotatable bonds is 9. The predicted octanol–water partition coefficient (Wildman–Crippen LogP) is 4.56. The monoisotopic (exact) mass is 434 g/mol. The molecule has 0 unspecified atom stereocenters. The first kappa shape index (κ1) is 22.8. The maximum atomic E-state index is 12.8. The van der Waals surface area contributed by atoms with Crippen LogP contribution < -0.4 is 10.2 Å². The van der Waals surface area contributed by atoms with Crippen LogP contribution >= 0.6 is 0 Å². The van der Waals surface area contributed by atoms with Gasteiger partial charge in [0.15, 0.2) is 0 Å². The molecule has 0 aromatic heterocycles. The highest BCUT2D eigenvalue weighted by Gasteiger charge is 2.30. The lowest BCUT2D eigenvalue weighted by Crippen LogP contribution is -2.46. The van der Waals surface area contributed by atoms with Crippen LogP contribution in [0.4, 0.5) is 11.4 Å². The van der Waals surface area contributed by atoms with E-state index in [-0.39, 0.29) is 5.91 Å². The van der Waals surface area contributed by atoms with E-state index in [4.69, 9.17) is 0 Å². The average Bonchev–Trinajstić information content (AvgIpc) is 3.65. The highest BCUT2D eigenvalue weighted by Crippen LogP contribution is 2.28. The summed E-state index contributed by atoms with van der Waals surface area (Å²) >= 11 is 0. The van der Waals surface area contributed by atoms with E-state index >= 15 is 0 Å². The molecule has 5 nitrogen and oxygen atoms in total. The van der Waals surface area contributed by atoms with Gasteiger partial charge in [0.25, 0.3) is 0 Å². The minimum absolute atomic E-state index is 0.0695. The van der Waals surface area contributed by atoms with Gasteiger partial charge in [0.2, 0.25) is 5.91 Å². The summed E-state index contributed by atoms with van der Waals surface area (Å²) in [6, 6.07) is 17.7. The summed E-state index contributed by atoms with van der Waals surface area (Å²) in [4.78, 5) is 20.0. The molecule has 1 saturated carbocycles. The first-order chi connectivity index (χ1) is 15.5. The molecule has 2 aliphatic rings. The van der Waals surface area contributed by atoms with Crippen molar-refractivity contribution < 1.29 is 4.79 Å². The van der Waals surface area contributed by atoms with E-state index in [1.54, 1.807) is 0 Å². The van der Waals surface area contributed by atoms with Crippen LogP contribution in [0.5, 0.6) is 0 Å². The predicted molar refractivity (Wildman–Crippen MR) is 133 cm³/mol. The minimum atomic E-state index is 0.0695. The minimum Gasteiger partial charge on any atom is -0.369 e. The third-order valence-electron chi connectivity index (χ3n) is 6.78. The summed E-state index contributed by atoms with van der Waals surface area (Å²) in [7, 11) is 0. The fraction of sp³-hybridized carbons (Fsp3) is 0.519. The summed E-state index contributed by atoms with van der Waals surface area (Å²) in [5.41, 5.74) is 4.76. The molecule has 0 spiro atoms. The highest BCUT2D eigenvalue weighted by atomic mass is 16.2. The number of anilines is 2. The number of amides is 1. The van der Waals surface area contributed by atoms with Gasteiger partial charge in [-0.25, -0.2) is 0 Å². The summed E-state index contributed by atoms with van der Waals surface area (Å²) < 4.78 is 0. The molecule has 0 bridgehead atoms. The van der Waals surface area contributed by atoms with Crippen molar-refractivity contribution in [3.63, 3.8) is 0 Å². The molecule has 1 aliphatic heterocycles. The fourth-order valence-electron chi connectivity index (χ4n) is 4.46. The third-order valence-corrected chi connectivity index (χ3v) is 6.78. The fourth-order valence-corrected chi connectivity index (χ4v) is 4.46. The molecule has 1 amide bonds. The van der Waals surface area contributed by atoms with Gasteiger partial charge in [-0.1, -0.05) is 45.0 Å². The number of hydrogen-bond donors (Lipinski definition) is 1. The Morgan fingerprint density at radius 2 is 1.66 bits per heavy atom. The van der Waals surface area contributed by atoms with Gasteiger partial charge in [-0.05, 0) is 60.7 Å². The second-order valence-corrected chi connectivity index (χ2v) is 9.55. The Morgan fingerprint density at radius 3 is 2.22 bits per heavy atom. The van der Waals surface area contributed by atoms with Crippen molar-refractivity contribution >= 4 is 17.3 Å². The number of hydrogen-bond acceptors (Lipinski definition) is 4. The standard InChI is InChI=1S/C27H38N4O/c1-4-29-15-17-30(18-16-29)25-11-9-24(10-12-25)28-27(32)20-31(26-13-14-26)19-22-5-7-23(8-6-22)21(2)3/h5-12,21,26H,4,13-20H2,1-3H3,(H,28,32). The maximum Gasteiger partial charge on any atom is 0.238 e. The smallest absolute Gasteiger partial charge is 0.238 e. The van der Waals surface area contributed by atoms with Crippen LogP contribution in [0, 0.1) is 0 Å². The van der Waals surface area contributed by atoms with Crippen LogP contribution in [-0.2, 0) is 11.3 Å². The summed E-state index contributed by atoms with van der Waals surface area (Å²) in [6.45, 7) is 13.4. The van der Waals surface area contributed by atoms with E-state index in [1.807, 2.05) is 12.1 Å². The Labute approximate surface area is 193 Å². The van der Waals surface area contributed by atoms with E-state index in [2.05, 4.69) is 77.2 Å². The molecule has 1 heterocycles. The SMILES string of the molecule is CCN1CCN(c2ccc(NC(=O)CN(Cc3ccc(C(C)C)cc3)C3CC3)cc2)CC1. The van der Waals surface area contributed by atoms with Crippen LogP contribution in [0.1, 0.15) is 50.7 Å². The van der Waals surface area contributed by atoms with Gasteiger partial charge in [0.05, 0.1) is 6.54 Å². The van der Waals surface area contributed by atoms with Crippen LogP contribution in [0.3, 0.4) is 0 Å². The number of carbonyl (C=O) groups is 1. The highest BCUT2D eigenvalue weighted by molar-refractivity contribution is 5.92. The Balaban J connectivity index is 1.30. The first-order valence-electron chi connectivity index (χ1n) is 12.2. The topological polar surface area (TPSA) is 38.8 Å². The van der Waals surface area contributed by atoms with Crippen molar-refractivity contribution in [2.45, 2.75) is 52.1 Å². The Hall–Kier alpha value is -2.37. The molecular formula is C27H38N4O. The molecule has 1 saturated heterocycles. The molecule has 2 aromatic rings. The zero-order valence-corrected chi connectivity index (χ0v) is 19.9. The van der Waals surface area contributed by atoms with Crippen molar-refractivity contribution in [3.05, 3.63) is 59.7 Å². The molecule has 2 aromatic carbocycles. The lowest BCUT2D eigenvalue weighted by atomic mass is 10.0. The molecule has 2 fully saturated rings. The van der Waals surface area contributed by atoms with Crippen LogP contribution in [0.2, 0.25) is 0 Å². The van der Waals surface area contributed by atoms with Crippen molar-refractivity contribution in [2.24, 2.45) is 0 Å². The van der Waals surface area contributed by atoms with Crippen LogP contribution in [0.25, 0.3) is 0 Å². The second kappa shape index (κ2) is 10.5. The zero-order valence-electron chi connectivity index (χ0n) is 19.9. The molecule has 32 heavy (non-hydrogen) atoms. The number of piperazine rings is 1. The van der Waals surface area contributed by atoms with Crippen molar-refractivity contribution in [1.82, 2.24) is 9.80 Å². The van der Waals surface area contributed by atoms with Crippen molar-refractivity contribution in [2.75, 3.05) is 49.5 Å². The number of benzene rings is 2. The summed E-state index contributed by atoms with van der Waals surface area (Å²) in [5, 5.41) is 3.10. The van der Waals surface area contributed by atoms with E-state index in [0.717, 1.165) is 45.0 Å². The normalized spacial score (nSPS) is 17.2. The Morgan fingerprint density at radius 1 is 1.00 bits per heavy atom. The van der Waals surface area contributed by atoms with E-state index in [9.17, 15) is 4.79 Å². The first-order valence-corrected chi connectivity index (χ1v) is 12.2. The molecule has 0 atom stereocenters. The van der Waals surface area contributed by atoms with Gasteiger partial charge in [-0.2, -0.15) is 0 Å². The molecule has 172 valence electrons. The Bertz CT molecular complexity index is 866. The lowest BCUT2D eigenvalue weighted by Gasteiger charge is -2.35. The third kappa shape index (κ3) is 6.11. The number of likely N-dealkylation sites (N-methyl/N-ethyl adjacent to an activating group) is 1. The van der Waals surface area contributed by atoms with Crippen LogP contribution in [0.15, 0.2) is 48.5 Å². The van der Waals surface area contributed by atoms with Crippen molar-refractivity contribution in [3.8, 4) is 0 Å². The van der Waals surface area contributed by atoms with Gasteiger partial charge in [0, 0.05) is 50.1 Å². The number of nitrogens with one attached hydrogen (secondary N) is 1. The molecule has 1 N–H and O–H groups in total. The molecular weight excluding hydrogens is 396 g/mol.